The Morgan fingerprint density at radius 3 is 2.77 bits per heavy atom. The second kappa shape index (κ2) is 8.96. The molecule has 3 heterocycles. The Kier molecular flexibility index (Phi) is 6.13. The summed E-state index contributed by atoms with van der Waals surface area (Å²) in [6, 6.07) is 8.23. The van der Waals surface area contributed by atoms with Gasteiger partial charge in [-0.3, -0.25) is 9.48 Å². The number of nitrogens with one attached hydrogen (secondary N) is 1. The number of anilines is 1. The predicted octanol–water partition coefficient (Wildman–Crippen LogP) is 4.33. The van der Waals surface area contributed by atoms with Crippen LogP contribution in [-0.2, 0) is 11.8 Å². The van der Waals surface area contributed by atoms with Crippen LogP contribution < -0.4 is 5.32 Å². The van der Waals surface area contributed by atoms with Crippen molar-refractivity contribution >= 4 is 22.5 Å². The van der Waals surface area contributed by atoms with Gasteiger partial charge in [-0.15, -0.1) is 0 Å². The smallest absolute Gasteiger partial charge is 0.228 e. The minimum Gasteiger partial charge on any atom is -0.310 e. The van der Waals surface area contributed by atoms with E-state index in [4.69, 9.17) is 0 Å². The normalized spacial score (nSPS) is 17.9. The molecule has 1 amide bonds. The summed E-state index contributed by atoms with van der Waals surface area (Å²) in [5, 5.41) is 9.44. The van der Waals surface area contributed by atoms with Gasteiger partial charge in [0.05, 0.1) is 6.20 Å². The Bertz CT molecular complexity index is 1030. The number of carbonyl (C=O) groups excluding carboxylic acids is 1. The molecule has 1 fully saturated rings. The lowest BCUT2D eigenvalue weighted by molar-refractivity contribution is -0.120. The minimum atomic E-state index is 0.0568. The molecule has 1 N–H and O–H groups in total. The van der Waals surface area contributed by atoms with Crippen molar-refractivity contribution in [2.45, 2.75) is 33.1 Å². The van der Waals surface area contributed by atoms with Crippen molar-refractivity contribution in [3.8, 4) is 11.1 Å². The van der Waals surface area contributed by atoms with E-state index in [2.05, 4.69) is 52.3 Å². The van der Waals surface area contributed by atoms with Gasteiger partial charge in [0.1, 0.15) is 5.82 Å². The van der Waals surface area contributed by atoms with Gasteiger partial charge < -0.3 is 10.2 Å². The Morgan fingerprint density at radius 1 is 1.13 bits per heavy atom. The number of nitrogens with zero attached hydrogens (tertiary/aromatic N) is 4. The summed E-state index contributed by atoms with van der Waals surface area (Å²) in [5.74, 6) is 1.44. The number of carbonyl (C=O) groups is 1. The Morgan fingerprint density at radius 2 is 2.00 bits per heavy atom. The molecule has 1 aliphatic rings. The van der Waals surface area contributed by atoms with Crippen LogP contribution in [0.4, 0.5) is 5.82 Å². The first-order valence-electron chi connectivity index (χ1n) is 10.9. The standard InChI is InChI=1S/C24H31N5O/c1-17(2)15-29-9-4-5-18(8-10-29)24(30)27-23-12-21-11-19(6-7-20(21)13-25-23)22-14-26-28(3)16-22/h6-7,11-14,16-18H,4-5,8-10,15H2,1-3H3,(H,25,27,30). The zero-order chi connectivity index (χ0) is 21.1. The summed E-state index contributed by atoms with van der Waals surface area (Å²) in [5.41, 5.74) is 2.18. The highest BCUT2D eigenvalue weighted by Gasteiger charge is 2.23. The van der Waals surface area contributed by atoms with E-state index in [1.807, 2.05) is 31.7 Å². The minimum absolute atomic E-state index is 0.0568. The number of pyridine rings is 1. The summed E-state index contributed by atoms with van der Waals surface area (Å²) in [7, 11) is 1.91. The first-order chi connectivity index (χ1) is 14.5. The molecule has 158 valence electrons. The Labute approximate surface area is 178 Å². The van der Waals surface area contributed by atoms with Crippen molar-refractivity contribution < 1.29 is 4.79 Å². The molecule has 1 unspecified atom stereocenters. The van der Waals surface area contributed by atoms with E-state index >= 15 is 0 Å². The van der Waals surface area contributed by atoms with E-state index in [9.17, 15) is 4.79 Å². The van der Waals surface area contributed by atoms with Crippen LogP contribution in [0.3, 0.4) is 0 Å². The molecule has 1 aliphatic heterocycles. The first-order valence-corrected chi connectivity index (χ1v) is 10.9. The molecule has 6 heteroatoms. The quantitative estimate of drug-likeness (QED) is 0.686. The van der Waals surface area contributed by atoms with Crippen LogP contribution in [0.15, 0.2) is 42.9 Å². The molecular weight excluding hydrogens is 374 g/mol. The molecule has 0 bridgehead atoms. The monoisotopic (exact) mass is 405 g/mol. The van der Waals surface area contributed by atoms with Crippen molar-refractivity contribution in [1.82, 2.24) is 19.7 Å². The number of aromatic nitrogens is 3. The molecule has 6 nitrogen and oxygen atoms in total. The number of amides is 1. The van der Waals surface area contributed by atoms with Gasteiger partial charge in [-0.2, -0.15) is 5.10 Å². The summed E-state index contributed by atoms with van der Waals surface area (Å²) < 4.78 is 1.80. The van der Waals surface area contributed by atoms with Crippen LogP contribution in [0, 0.1) is 11.8 Å². The number of benzene rings is 1. The number of likely N-dealkylation sites (tertiary alicyclic amines) is 1. The first kappa shape index (κ1) is 20.5. The zero-order valence-electron chi connectivity index (χ0n) is 18.1. The number of hydrogen-bond acceptors (Lipinski definition) is 4. The number of aryl methyl sites for hydroxylation is 1. The summed E-state index contributed by atoms with van der Waals surface area (Å²) >= 11 is 0. The van der Waals surface area contributed by atoms with Crippen LogP contribution in [-0.4, -0.2) is 45.2 Å². The van der Waals surface area contributed by atoms with Gasteiger partial charge >= 0.3 is 0 Å². The average Bonchev–Trinajstić information content (AvgIpc) is 3.01. The lowest BCUT2D eigenvalue weighted by atomic mass is 10.00. The summed E-state index contributed by atoms with van der Waals surface area (Å²) in [6.07, 6.45) is 8.62. The van der Waals surface area contributed by atoms with Crippen LogP contribution in [0.1, 0.15) is 33.1 Å². The van der Waals surface area contributed by atoms with Gasteiger partial charge in [0, 0.05) is 42.9 Å². The third kappa shape index (κ3) is 4.87. The van der Waals surface area contributed by atoms with Crippen LogP contribution in [0.5, 0.6) is 0 Å². The highest BCUT2D eigenvalue weighted by molar-refractivity contribution is 5.95. The third-order valence-corrected chi connectivity index (χ3v) is 5.83. The van der Waals surface area contributed by atoms with Crippen LogP contribution in [0.25, 0.3) is 21.9 Å². The molecule has 0 spiro atoms. The molecule has 0 radical (unpaired) electrons. The number of fused-ring (bicyclic) bond motifs is 1. The Hall–Kier alpha value is -2.73. The van der Waals surface area contributed by atoms with E-state index in [1.165, 1.54) is 0 Å². The van der Waals surface area contributed by atoms with Crippen molar-refractivity contribution in [1.29, 1.82) is 0 Å². The fourth-order valence-corrected chi connectivity index (χ4v) is 4.30. The van der Waals surface area contributed by atoms with Crippen molar-refractivity contribution in [2.24, 2.45) is 18.9 Å². The predicted molar refractivity (Wildman–Crippen MR) is 121 cm³/mol. The third-order valence-electron chi connectivity index (χ3n) is 5.83. The maximum atomic E-state index is 12.9. The zero-order valence-corrected chi connectivity index (χ0v) is 18.1. The maximum absolute atomic E-state index is 12.9. The van der Waals surface area contributed by atoms with Gasteiger partial charge in [0.2, 0.25) is 5.91 Å². The van der Waals surface area contributed by atoms with E-state index in [-0.39, 0.29) is 11.8 Å². The molecule has 0 saturated carbocycles. The SMILES string of the molecule is CC(C)CN1CCCC(C(=O)Nc2cc3cc(-c4cnn(C)c4)ccc3cn2)CC1. The molecule has 2 aromatic heterocycles. The molecule has 3 aromatic rings. The highest BCUT2D eigenvalue weighted by Crippen LogP contribution is 2.26. The van der Waals surface area contributed by atoms with E-state index < -0.39 is 0 Å². The summed E-state index contributed by atoms with van der Waals surface area (Å²) in [4.78, 5) is 19.9. The molecular formula is C24H31N5O. The molecule has 30 heavy (non-hydrogen) atoms. The van der Waals surface area contributed by atoms with Crippen LogP contribution in [0.2, 0.25) is 0 Å². The maximum Gasteiger partial charge on any atom is 0.228 e. The fourth-order valence-electron chi connectivity index (χ4n) is 4.30. The molecule has 4 rings (SSSR count). The van der Waals surface area contributed by atoms with E-state index in [0.29, 0.717) is 11.7 Å². The second-order valence-corrected chi connectivity index (χ2v) is 8.85. The highest BCUT2D eigenvalue weighted by atomic mass is 16.1. The fraction of sp³-hybridized carbons (Fsp3) is 0.458. The largest absolute Gasteiger partial charge is 0.310 e. The average molecular weight is 406 g/mol. The lowest BCUT2D eigenvalue weighted by Crippen LogP contribution is -2.29. The van der Waals surface area contributed by atoms with Crippen LogP contribution >= 0.6 is 0 Å². The summed E-state index contributed by atoms with van der Waals surface area (Å²) in [6.45, 7) is 7.70. The van der Waals surface area contributed by atoms with Gasteiger partial charge in [-0.1, -0.05) is 26.0 Å². The molecule has 1 aromatic carbocycles. The van der Waals surface area contributed by atoms with Gasteiger partial charge in [0.15, 0.2) is 0 Å². The van der Waals surface area contributed by atoms with E-state index in [1.54, 1.807) is 4.68 Å². The lowest BCUT2D eigenvalue weighted by Gasteiger charge is -2.22. The van der Waals surface area contributed by atoms with Gasteiger partial charge in [-0.05, 0) is 61.4 Å². The van der Waals surface area contributed by atoms with Crippen molar-refractivity contribution in [2.75, 3.05) is 25.0 Å². The molecule has 1 atom stereocenters. The van der Waals surface area contributed by atoms with E-state index in [0.717, 1.165) is 60.8 Å². The van der Waals surface area contributed by atoms with Gasteiger partial charge in [0.25, 0.3) is 0 Å². The molecule has 1 saturated heterocycles. The van der Waals surface area contributed by atoms with Crippen molar-refractivity contribution in [3.05, 3.63) is 42.9 Å². The van der Waals surface area contributed by atoms with Crippen molar-refractivity contribution in [3.63, 3.8) is 0 Å². The Balaban J connectivity index is 1.46. The molecule has 0 aliphatic carbocycles. The second-order valence-electron chi connectivity index (χ2n) is 8.85. The topological polar surface area (TPSA) is 63.1 Å². The number of rotatable bonds is 5. The number of hydrogen-bond donors (Lipinski definition) is 1. The van der Waals surface area contributed by atoms with Gasteiger partial charge in [-0.25, -0.2) is 4.98 Å².